The Morgan fingerprint density at radius 2 is 2.12 bits per heavy atom. The molecule has 1 aromatic carbocycles. The van der Waals surface area contributed by atoms with Crippen molar-refractivity contribution in [3.63, 3.8) is 0 Å². The molecule has 3 rings (SSSR count). The molecule has 0 saturated heterocycles. The summed E-state index contributed by atoms with van der Waals surface area (Å²) in [4.78, 5) is 0. The highest BCUT2D eigenvalue weighted by molar-refractivity contribution is 6.43. The van der Waals surface area contributed by atoms with E-state index in [0.717, 1.165) is 17.1 Å². The predicted molar refractivity (Wildman–Crippen MR) is 70.7 cm³/mol. The number of H-pyrrole nitrogens is 1. The van der Waals surface area contributed by atoms with E-state index >= 15 is 0 Å². The van der Waals surface area contributed by atoms with Gasteiger partial charge in [0.2, 0.25) is 0 Å². The summed E-state index contributed by atoms with van der Waals surface area (Å²) >= 11 is 12.1. The molecule has 1 aliphatic carbocycles. The number of halogens is 2. The molecule has 0 amide bonds. The van der Waals surface area contributed by atoms with Crippen LogP contribution in [0, 0.1) is 0 Å². The van der Waals surface area contributed by atoms with Gasteiger partial charge in [0, 0.05) is 17.7 Å². The molecule has 88 valence electrons. The van der Waals surface area contributed by atoms with E-state index in [0.29, 0.717) is 16.1 Å². The smallest absolute Gasteiger partial charge is 0.148 e. The summed E-state index contributed by atoms with van der Waals surface area (Å²) in [6.07, 6.45) is 2.44. The largest absolute Gasteiger partial charge is 0.366 e. The highest BCUT2D eigenvalue weighted by atomic mass is 35.5. The first-order valence-corrected chi connectivity index (χ1v) is 6.26. The fraction of sp³-hybridized carbons (Fsp3) is 0.250. The van der Waals surface area contributed by atoms with E-state index in [1.807, 2.05) is 18.2 Å². The second-order valence-corrected chi connectivity index (χ2v) is 4.97. The quantitative estimate of drug-likeness (QED) is 0.884. The maximum absolute atomic E-state index is 6.15. The van der Waals surface area contributed by atoms with Crippen molar-refractivity contribution in [3.8, 4) is 11.3 Å². The Hall–Kier alpha value is -1.19. The van der Waals surface area contributed by atoms with E-state index in [1.54, 1.807) is 6.07 Å². The summed E-state index contributed by atoms with van der Waals surface area (Å²) in [5.74, 6) is 0.860. The summed E-state index contributed by atoms with van der Waals surface area (Å²) in [6.45, 7) is 0. The van der Waals surface area contributed by atoms with Crippen molar-refractivity contribution in [2.45, 2.75) is 18.9 Å². The lowest BCUT2D eigenvalue weighted by atomic mass is 10.1. The summed E-state index contributed by atoms with van der Waals surface area (Å²) in [7, 11) is 0. The molecule has 2 N–H and O–H groups in total. The number of nitrogens with one attached hydrogen (secondary N) is 2. The number of hydrogen-bond donors (Lipinski definition) is 2. The monoisotopic (exact) mass is 267 g/mol. The van der Waals surface area contributed by atoms with Gasteiger partial charge in [-0.25, -0.2) is 0 Å². The minimum absolute atomic E-state index is 0.551. The Kier molecular flexibility index (Phi) is 2.73. The van der Waals surface area contributed by atoms with Gasteiger partial charge in [0.1, 0.15) is 5.82 Å². The van der Waals surface area contributed by atoms with Crippen LogP contribution in [0.15, 0.2) is 24.3 Å². The van der Waals surface area contributed by atoms with Crippen LogP contribution < -0.4 is 5.32 Å². The van der Waals surface area contributed by atoms with E-state index in [1.165, 1.54) is 12.8 Å². The molecule has 0 atom stereocenters. The van der Waals surface area contributed by atoms with Gasteiger partial charge in [0.15, 0.2) is 0 Å². The molecular formula is C12H11Cl2N3. The molecule has 0 radical (unpaired) electrons. The van der Waals surface area contributed by atoms with Gasteiger partial charge in [-0.1, -0.05) is 35.3 Å². The average molecular weight is 268 g/mol. The summed E-state index contributed by atoms with van der Waals surface area (Å²) in [5.41, 5.74) is 1.75. The normalized spacial score (nSPS) is 14.9. The molecule has 0 aliphatic heterocycles. The van der Waals surface area contributed by atoms with Crippen LogP contribution in [0.4, 0.5) is 5.82 Å². The van der Waals surface area contributed by atoms with E-state index in [9.17, 15) is 0 Å². The minimum Gasteiger partial charge on any atom is -0.366 e. The molecule has 5 heteroatoms. The lowest BCUT2D eigenvalue weighted by Gasteiger charge is -2.02. The lowest BCUT2D eigenvalue weighted by molar-refractivity contribution is 1.05. The molecule has 0 bridgehead atoms. The Labute approximate surface area is 109 Å². The predicted octanol–water partition coefficient (Wildman–Crippen LogP) is 3.96. The van der Waals surface area contributed by atoms with Crippen molar-refractivity contribution in [1.82, 2.24) is 10.2 Å². The zero-order chi connectivity index (χ0) is 11.8. The van der Waals surface area contributed by atoms with Crippen LogP contribution in [0.3, 0.4) is 0 Å². The van der Waals surface area contributed by atoms with Crippen LogP contribution in [-0.4, -0.2) is 16.2 Å². The van der Waals surface area contributed by atoms with Crippen molar-refractivity contribution < 1.29 is 0 Å². The van der Waals surface area contributed by atoms with Crippen molar-refractivity contribution in [1.29, 1.82) is 0 Å². The first-order valence-electron chi connectivity index (χ1n) is 5.50. The molecule has 17 heavy (non-hydrogen) atoms. The highest BCUT2D eigenvalue weighted by Crippen LogP contribution is 2.33. The van der Waals surface area contributed by atoms with Crippen LogP contribution in [0.1, 0.15) is 12.8 Å². The van der Waals surface area contributed by atoms with E-state index in [-0.39, 0.29) is 0 Å². The summed E-state index contributed by atoms with van der Waals surface area (Å²) in [6, 6.07) is 8.10. The number of benzene rings is 1. The number of nitrogens with zero attached hydrogens (tertiary/aromatic N) is 1. The third-order valence-electron chi connectivity index (χ3n) is 2.75. The van der Waals surface area contributed by atoms with Gasteiger partial charge in [-0.3, -0.25) is 5.10 Å². The molecule has 1 saturated carbocycles. The van der Waals surface area contributed by atoms with Crippen LogP contribution >= 0.6 is 23.2 Å². The van der Waals surface area contributed by atoms with Gasteiger partial charge in [0.05, 0.1) is 15.7 Å². The molecule has 3 nitrogen and oxygen atoms in total. The van der Waals surface area contributed by atoms with Crippen molar-refractivity contribution in [2.75, 3.05) is 5.32 Å². The zero-order valence-electron chi connectivity index (χ0n) is 9.00. The number of anilines is 1. The van der Waals surface area contributed by atoms with Gasteiger partial charge < -0.3 is 5.32 Å². The van der Waals surface area contributed by atoms with Crippen molar-refractivity contribution in [2.24, 2.45) is 0 Å². The summed E-state index contributed by atoms with van der Waals surface area (Å²) in [5, 5.41) is 11.6. The Balaban J connectivity index is 1.91. The molecule has 2 aromatic rings. The number of aromatic amines is 1. The van der Waals surface area contributed by atoms with Crippen LogP contribution in [-0.2, 0) is 0 Å². The fourth-order valence-electron chi connectivity index (χ4n) is 1.68. The Morgan fingerprint density at radius 1 is 1.29 bits per heavy atom. The third kappa shape index (κ3) is 2.26. The number of hydrogen-bond acceptors (Lipinski definition) is 2. The fourth-order valence-corrected chi connectivity index (χ4v) is 2.08. The molecule has 0 spiro atoms. The first kappa shape index (κ1) is 10.9. The first-order chi connectivity index (χ1) is 8.24. The topological polar surface area (TPSA) is 40.7 Å². The number of rotatable bonds is 3. The minimum atomic E-state index is 0.551. The van der Waals surface area contributed by atoms with E-state index < -0.39 is 0 Å². The van der Waals surface area contributed by atoms with Gasteiger partial charge in [-0.15, -0.1) is 0 Å². The van der Waals surface area contributed by atoms with Crippen molar-refractivity contribution >= 4 is 29.0 Å². The SMILES string of the molecule is Clc1cccc(-c2cc(NC3CC3)n[nH]2)c1Cl. The molecule has 1 aromatic heterocycles. The Bertz CT molecular complexity index is 546. The molecule has 0 unspecified atom stereocenters. The van der Waals surface area contributed by atoms with Gasteiger partial charge in [0.25, 0.3) is 0 Å². The van der Waals surface area contributed by atoms with Crippen molar-refractivity contribution in [3.05, 3.63) is 34.3 Å². The average Bonchev–Trinajstić information content (AvgIpc) is 3.00. The standard InChI is InChI=1S/C12H11Cl2N3/c13-9-3-1-2-8(12(9)14)10-6-11(17-16-10)15-7-4-5-7/h1-3,6-7H,4-5H2,(H2,15,16,17). The molecule has 1 fully saturated rings. The van der Waals surface area contributed by atoms with Crippen LogP contribution in [0.2, 0.25) is 10.0 Å². The summed E-state index contributed by atoms with van der Waals surface area (Å²) < 4.78 is 0. The Morgan fingerprint density at radius 3 is 2.88 bits per heavy atom. The van der Waals surface area contributed by atoms with Gasteiger partial charge in [-0.05, 0) is 18.9 Å². The molecular weight excluding hydrogens is 257 g/mol. The second-order valence-electron chi connectivity index (χ2n) is 4.19. The molecule has 1 aliphatic rings. The lowest BCUT2D eigenvalue weighted by Crippen LogP contribution is -2.00. The maximum Gasteiger partial charge on any atom is 0.148 e. The molecule has 1 heterocycles. The van der Waals surface area contributed by atoms with Gasteiger partial charge >= 0.3 is 0 Å². The second kappa shape index (κ2) is 4.24. The van der Waals surface area contributed by atoms with Crippen LogP contribution in [0.25, 0.3) is 11.3 Å². The van der Waals surface area contributed by atoms with E-state index in [4.69, 9.17) is 23.2 Å². The maximum atomic E-state index is 6.15. The van der Waals surface area contributed by atoms with E-state index in [2.05, 4.69) is 15.5 Å². The highest BCUT2D eigenvalue weighted by Gasteiger charge is 2.22. The van der Waals surface area contributed by atoms with Gasteiger partial charge in [-0.2, -0.15) is 5.10 Å². The third-order valence-corrected chi connectivity index (χ3v) is 3.57. The van der Waals surface area contributed by atoms with Crippen LogP contribution in [0.5, 0.6) is 0 Å². The number of aromatic nitrogens is 2. The zero-order valence-corrected chi connectivity index (χ0v) is 10.5.